The first-order valence-electron chi connectivity index (χ1n) is 11.2. The molecule has 0 aliphatic carbocycles. The first kappa shape index (κ1) is 21.7. The molecule has 5 heterocycles. The lowest BCUT2D eigenvalue weighted by atomic mass is 9.85. The van der Waals surface area contributed by atoms with Crippen molar-refractivity contribution in [2.45, 2.75) is 6.92 Å². The van der Waals surface area contributed by atoms with Crippen LogP contribution in [0.4, 0.5) is 5.82 Å². The van der Waals surface area contributed by atoms with Gasteiger partial charge in [0, 0.05) is 62.0 Å². The quantitative estimate of drug-likeness (QED) is 0.583. The summed E-state index contributed by atoms with van der Waals surface area (Å²) in [5.74, 6) is 3.43. The summed E-state index contributed by atoms with van der Waals surface area (Å²) in [5.41, 5.74) is 3.05. The molecule has 0 saturated carbocycles. The lowest BCUT2D eigenvalue weighted by molar-refractivity contribution is -0.125. The maximum Gasteiger partial charge on any atom is 0.298 e. The van der Waals surface area contributed by atoms with Crippen LogP contribution < -0.4 is 15.0 Å². The number of rotatable bonds is 5. The van der Waals surface area contributed by atoms with E-state index in [1.54, 1.807) is 21.8 Å². The standard InChI is InChI=1S/C25H25N7O2/c1-3-23(33)31-8-6-30(7-9-31)22-5-4-18(12-28-22)21-10-20(34-17-25(2)15-27-16-25)14-32-24(21)19(11-26)13-29-32/h1,4-5,10,12-14,27H,6-9,15-17H2,2H3. The van der Waals surface area contributed by atoms with Crippen molar-refractivity contribution < 1.29 is 9.53 Å². The second-order valence-corrected chi connectivity index (χ2v) is 9.08. The van der Waals surface area contributed by atoms with E-state index in [1.165, 1.54) is 0 Å². The number of amides is 1. The Hall–Kier alpha value is -4.08. The van der Waals surface area contributed by atoms with E-state index >= 15 is 0 Å². The van der Waals surface area contributed by atoms with Gasteiger partial charge < -0.3 is 19.9 Å². The third kappa shape index (κ3) is 4.02. The van der Waals surface area contributed by atoms with E-state index in [9.17, 15) is 10.1 Å². The van der Waals surface area contributed by atoms with Crippen molar-refractivity contribution in [3.8, 4) is 35.3 Å². The maximum atomic E-state index is 11.7. The van der Waals surface area contributed by atoms with Crippen LogP contribution in [-0.2, 0) is 4.79 Å². The summed E-state index contributed by atoms with van der Waals surface area (Å²) >= 11 is 0. The minimum atomic E-state index is -0.272. The maximum absolute atomic E-state index is 11.7. The number of aromatic nitrogens is 3. The van der Waals surface area contributed by atoms with Gasteiger partial charge in [0.05, 0.1) is 30.1 Å². The average molecular weight is 456 g/mol. The first-order chi connectivity index (χ1) is 16.5. The molecule has 0 atom stereocenters. The molecule has 2 fully saturated rings. The number of hydrogen-bond acceptors (Lipinski definition) is 7. The molecular formula is C25H25N7O2. The topological polar surface area (TPSA) is 98.8 Å². The van der Waals surface area contributed by atoms with Gasteiger partial charge in [-0.15, -0.1) is 6.42 Å². The van der Waals surface area contributed by atoms with Gasteiger partial charge >= 0.3 is 0 Å². The van der Waals surface area contributed by atoms with Gasteiger partial charge in [-0.1, -0.05) is 6.92 Å². The Morgan fingerprint density at radius 2 is 2.06 bits per heavy atom. The highest BCUT2D eigenvalue weighted by atomic mass is 16.5. The molecule has 0 radical (unpaired) electrons. The molecule has 9 heteroatoms. The van der Waals surface area contributed by atoms with Crippen molar-refractivity contribution in [2.24, 2.45) is 5.41 Å². The Morgan fingerprint density at radius 3 is 2.68 bits per heavy atom. The van der Waals surface area contributed by atoms with Gasteiger partial charge in [0.2, 0.25) is 0 Å². The molecule has 1 N–H and O–H groups in total. The van der Waals surface area contributed by atoms with Crippen molar-refractivity contribution in [3.63, 3.8) is 0 Å². The minimum Gasteiger partial charge on any atom is -0.491 e. The van der Waals surface area contributed by atoms with E-state index in [0.717, 1.165) is 35.6 Å². The van der Waals surface area contributed by atoms with Crippen molar-refractivity contribution in [3.05, 3.63) is 42.4 Å². The zero-order valence-electron chi connectivity index (χ0n) is 19.0. The summed E-state index contributed by atoms with van der Waals surface area (Å²) in [5, 5.41) is 17.2. The third-order valence-corrected chi connectivity index (χ3v) is 6.47. The smallest absolute Gasteiger partial charge is 0.298 e. The largest absolute Gasteiger partial charge is 0.491 e. The summed E-state index contributed by atoms with van der Waals surface area (Å²) in [6.07, 6.45) is 10.4. The number of pyridine rings is 2. The molecule has 0 bridgehead atoms. The summed E-state index contributed by atoms with van der Waals surface area (Å²) in [4.78, 5) is 20.2. The molecular weight excluding hydrogens is 430 g/mol. The van der Waals surface area contributed by atoms with Crippen LogP contribution in [-0.4, -0.2) is 71.3 Å². The molecule has 1 amide bonds. The van der Waals surface area contributed by atoms with E-state index < -0.39 is 0 Å². The Bertz CT molecular complexity index is 1300. The molecule has 3 aromatic heterocycles. The number of carbonyl (C=O) groups is 1. The summed E-state index contributed by atoms with van der Waals surface area (Å²) < 4.78 is 7.82. The monoisotopic (exact) mass is 455 g/mol. The lowest BCUT2D eigenvalue weighted by Crippen LogP contribution is -2.54. The van der Waals surface area contributed by atoms with Crippen LogP contribution in [0.25, 0.3) is 16.6 Å². The second kappa shape index (κ2) is 8.69. The number of nitriles is 1. The fourth-order valence-electron chi connectivity index (χ4n) is 4.35. The predicted molar refractivity (Wildman–Crippen MR) is 127 cm³/mol. The predicted octanol–water partition coefficient (Wildman–Crippen LogP) is 1.54. The van der Waals surface area contributed by atoms with Gasteiger partial charge in [0.15, 0.2) is 0 Å². The molecule has 2 aliphatic heterocycles. The van der Waals surface area contributed by atoms with Gasteiger partial charge in [0.1, 0.15) is 17.6 Å². The number of ether oxygens (including phenoxy) is 1. The second-order valence-electron chi connectivity index (χ2n) is 9.08. The van der Waals surface area contributed by atoms with Crippen LogP contribution in [0, 0.1) is 29.1 Å². The normalized spacial score (nSPS) is 17.0. The highest BCUT2D eigenvalue weighted by Gasteiger charge is 2.32. The van der Waals surface area contributed by atoms with Crippen LogP contribution in [0.2, 0.25) is 0 Å². The molecule has 9 nitrogen and oxygen atoms in total. The number of hydrogen-bond donors (Lipinski definition) is 1. The van der Waals surface area contributed by atoms with E-state index in [1.807, 2.05) is 24.4 Å². The Balaban J connectivity index is 1.40. The summed E-state index contributed by atoms with van der Waals surface area (Å²) in [7, 11) is 0. The molecule has 2 aliphatic rings. The summed E-state index contributed by atoms with van der Waals surface area (Å²) in [6, 6.07) is 8.13. The van der Waals surface area contributed by atoms with Gasteiger partial charge in [-0.05, 0) is 24.1 Å². The number of nitrogens with one attached hydrogen (secondary N) is 1. The minimum absolute atomic E-state index is 0.120. The zero-order chi connectivity index (χ0) is 23.7. The molecule has 0 spiro atoms. The SMILES string of the molecule is C#CC(=O)N1CCN(c2ccc(-c3cc(OCC4(C)CNC4)cn4ncc(C#N)c34)cn2)CC1. The highest BCUT2D eigenvalue weighted by molar-refractivity contribution is 5.93. The Labute approximate surface area is 197 Å². The fourth-order valence-corrected chi connectivity index (χ4v) is 4.35. The van der Waals surface area contributed by atoms with Crippen molar-refractivity contribution >= 4 is 17.2 Å². The molecule has 0 aromatic carbocycles. The number of terminal acetylenes is 1. The molecule has 172 valence electrons. The highest BCUT2D eigenvalue weighted by Crippen LogP contribution is 2.32. The van der Waals surface area contributed by atoms with Gasteiger partial charge in [-0.2, -0.15) is 10.4 Å². The number of anilines is 1. The van der Waals surface area contributed by atoms with E-state index in [4.69, 9.17) is 11.2 Å². The number of carbonyl (C=O) groups excluding carboxylic acids is 1. The molecule has 5 rings (SSSR count). The van der Waals surface area contributed by atoms with Gasteiger partial charge in [-0.3, -0.25) is 4.79 Å². The van der Waals surface area contributed by atoms with Crippen LogP contribution in [0.3, 0.4) is 0 Å². The fraction of sp³-hybridized carbons (Fsp3) is 0.360. The van der Waals surface area contributed by atoms with Crippen LogP contribution in [0.15, 0.2) is 36.8 Å². The van der Waals surface area contributed by atoms with Gasteiger partial charge in [-0.25, -0.2) is 9.50 Å². The average Bonchev–Trinajstić information content (AvgIpc) is 3.28. The van der Waals surface area contributed by atoms with E-state index in [-0.39, 0.29) is 11.3 Å². The van der Waals surface area contributed by atoms with Crippen LogP contribution in [0.1, 0.15) is 12.5 Å². The molecule has 0 unspecified atom stereocenters. The Kier molecular flexibility index (Phi) is 5.56. The molecule has 2 saturated heterocycles. The molecule has 34 heavy (non-hydrogen) atoms. The van der Waals surface area contributed by atoms with Crippen LogP contribution in [0.5, 0.6) is 5.75 Å². The van der Waals surface area contributed by atoms with Crippen molar-refractivity contribution in [1.29, 1.82) is 5.26 Å². The van der Waals surface area contributed by atoms with Crippen molar-refractivity contribution in [1.82, 2.24) is 24.8 Å². The zero-order valence-corrected chi connectivity index (χ0v) is 19.0. The third-order valence-electron chi connectivity index (χ3n) is 6.47. The summed E-state index contributed by atoms with van der Waals surface area (Å²) in [6.45, 7) is 7.13. The lowest BCUT2D eigenvalue weighted by Gasteiger charge is -2.38. The Morgan fingerprint density at radius 1 is 1.26 bits per heavy atom. The van der Waals surface area contributed by atoms with E-state index in [2.05, 4.69) is 39.2 Å². The van der Waals surface area contributed by atoms with E-state index in [0.29, 0.717) is 44.1 Å². The number of nitrogens with zero attached hydrogens (tertiary/aromatic N) is 6. The van der Waals surface area contributed by atoms with Gasteiger partial charge in [0.25, 0.3) is 5.91 Å². The van der Waals surface area contributed by atoms with Crippen LogP contribution >= 0.6 is 0 Å². The number of fused-ring (bicyclic) bond motifs is 1. The number of piperazine rings is 1. The van der Waals surface area contributed by atoms with Crippen molar-refractivity contribution in [2.75, 3.05) is 50.8 Å². The first-order valence-corrected chi connectivity index (χ1v) is 11.2. The molecule has 3 aromatic rings.